The van der Waals surface area contributed by atoms with Crippen molar-refractivity contribution in [3.63, 3.8) is 0 Å². The maximum Gasteiger partial charge on any atom is 0.384 e. The molecule has 16 heavy (non-hydrogen) atoms. The Bertz CT molecular complexity index is 407. The molecule has 4 nitrogen and oxygen atoms in total. The first-order valence-electron chi connectivity index (χ1n) is 4.60. The molecule has 0 aliphatic rings. The summed E-state index contributed by atoms with van der Waals surface area (Å²) in [6.07, 6.45) is 0.857. The van der Waals surface area contributed by atoms with Crippen molar-refractivity contribution in [2.45, 2.75) is 19.8 Å². The van der Waals surface area contributed by atoms with Gasteiger partial charge in [-0.05, 0) is 25.5 Å². The fraction of sp³-hybridized carbons (Fsp3) is 0.400. The molecule has 0 spiro atoms. The van der Waals surface area contributed by atoms with Gasteiger partial charge in [0.2, 0.25) is 0 Å². The number of rotatable bonds is 3. The van der Waals surface area contributed by atoms with Crippen molar-refractivity contribution in [2.75, 3.05) is 6.61 Å². The van der Waals surface area contributed by atoms with Crippen molar-refractivity contribution in [2.24, 2.45) is 0 Å². The van der Waals surface area contributed by atoms with E-state index in [9.17, 15) is 13.6 Å². The highest BCUT2D eigenvalue weighted by Crippen LogP contribution is 2.31. The molecule has 0 saturated heterocycles. The van der Waals surface area contributed by atoms with E-state index in [0.29, 0.717) is 0 Å². The van der Waals surface area contributed by atoms with E-state index in [0.717, 1.165) is 12.3 Å². The molecule has 0 radical (unpaired) electrons. The van der Waals surface area contributed by atoms with Gasteiger partial charge in [0.05, 0.1) is 12.8 Å². The standard InChI is InChI=1S/C10H11F2NO3/c1-3-16-9(15)10(11,12)8-6(2)4-7(14)5-13-8/h4-5,14H,3H2,1-2H3. The first-order chi connectivity index (χ1) is 7.39. The molecule has 0 bridgehead atoms. The van der Waals surface area contributed by atoms with E-state index in [1.165, 1.54) is 13.8 Å². The lowest BCUT2D eigenvalue weighted by Gasteiger charge is -2.15. The molecule has 0 saturated carbocycles. The zero-order chi connectivity index (χ0) is 12.3. The van der Waals surface area contributed by atoms with Crippen LogP contribution in [-0.4, -0.2) is 22.7 Å². The van der Waals surface area contributed by atoms with Gasteiger partial charge < -0.3 is 9.84 Å². The summed E-state index contributed by atoms with van der Waals surface area (Å²) in [4.78, 5) is 14.4. The predicted octanol–water partition coefficient (Wildman–Crippen LogP) is 1.75. The number of ether oxygens (including phenoxy) is 1. The average Bonchev–Trinajstić information content (AvgIpc) is 2.17. The van der Waals surface area contributed by atoms with Crippen molar-refractivity contribution in [1.29, 1.82) is 0 Å². The SMILES string of the molecule is CCOC(=O)C(F)(F)c1ncc(O)cc1C. The van der Waals surface area contributed by atoms with Crippen LogP contribution in [0.15, 0.2) is 12.3 Å². The molecule has 0 aliphatic heterocycles. The number of hydrogen-bond acceptors (Lipinski definition) is 4. The number of aromatic hydroxyl groups is 1. The summed E-state index contributed by atoms with van der Waals surface area (Å²) in [5, 5.41) is 9.02. The molecule has 1 heterocycles. The second kappa shape index (κ2) is 4.42. The molecule has 0 aliphatic carbocycles. The Balaban J connectivity index is 3.11. The zero-order valence-electron chi connectivity index (χ0n) is 8.83. The molecule has 0 atom stereocenters. The van der Waals surface area contributed by atoms with Crippen molar-refractivity contribution in [3.8, 4) is 5.75 Å². The van der Waals surface area contributed by atoms with E-state index in [1.807, 2.05) is 0 Å². The van der Waals surface area contributed by atoms with Gasteiger partial charge in [-0.25, -0.2) is 4.79 Å². The van der Waals surface area contributed by atoms with Gasteiger partial charge in [-0.1, -0.05) is 0 Å². The van der Waals surface area contributed by atoms with E-state index >= 15 is 0 Å². The minimum Gasteiger partial charge on any atom is -0.506 e. The van der Waals surface area contributed by atoms with Gasteiger partial charge in [0, 0.05) is 0 Å². The third kappa shape index (κ3) is 2.26. The minimum atomic E-state index is -3.80. The van der Waals surface area contributed by atoms with Gasteiger partial charge in [0.15, 0.2) is 0 Å². The Kier molecular flexibility index (Phi) is 3.41. The second-order valence-corrected chi connectivity index (χ2v) is 3.15. The number of aromatic nitrogens is 1. The Morgan fingerprint density at radius 1 is 1.62 bits per heavy atom. The number of carbonyl (C=O) groups is 1. The summed E-state index contributed by atoms with van der Waals surface area (Å²) in [6, 6.07) is 1.11. The van der Waals surface area contributed by atoms with Crippen LogP contribution in [0.3, 0.4) is 0 Å². The molecular weight excluding hydrogens is 220 g/mol. The third-order valence-electron chi connectivity index (χ3n) is 1.89. The smallest absolute Gasteiger partial charge is 0.384 e. The third-order valence-corrected chi connectivity index (χ3v) is 1.89. The number of carbonyl (C=O) groups excluding carboxylic acids is 1. The Hall–Kier alpha value is -1.72. The van der Waals surface area contributed by atoms with Gasteiger partial charge in [0.1, 0.15) is 11.4 Å². The van der Waals surface area contributed by atoms with Crippen LogP contribution in [0.25, 0.3) is 0 Å². The van der Waals surface area contributed by atoms with Gasteiger partial charge in [-0.2, -0.15) is 8.78 Å². The quantitative estimate of drug-likeness (QED) is 0.805. The van der Waals surface area contributed by atoms with Crippen LogP contribution in [0.4, 0.5) is 8.78 Å². The van der Waals surface area contributed by atoms with Gasteiger partial charge in [-0.3, -0.25) is 4.98 Å². The summed E-state index contributed by atoms with van der Waals surface area (Å²) in [6.45, 7) is 2.63. The molecule has 0 unspecified atom stereocenters. The summed E-state index contributed by atoms with van der Waals surface area (Å²) in [7, 11) is 0. The van der Waals surface area contributed by atoms with Crippen molar-refractivity contribution < 1.29 is 23.4 Å². The normalized spacial score (nSPS) is 11.2. The summed E-state index contributed by atoms with van der Waals surface area (Å²) in [5.74, 6) is -5.68. The summed E-state index contributed by atoms with van der Waals surface area (Å²) >= 11 is 0. The topological polar surface area (TPSA) is 59.4 Å². The number of pyridine rings is 1. The molecule has 6 heteroatoms. The lowest BCUT2D eigenvalue weighted by Crippen LogP contribution is -2.30. The zero-order valence-corrected chi connectivity index (χ0v) is 8.83. The van der Waals surface area contributed by atoms with Gasteiger partial charge in [-0.15, -0.1) is 0 Å². The van der Waals surface area contributed by atoms with Crippen LogP contribution in [0.5, 0.6) is 5.75 Å². The number of hydrogen-bond donors (Lipinski definition) is 1. The largest absolute Gasteiger partial charge is 0.506 e. The monoisotopic (exact) mass is 231 g/mol. The molecule has 0 amide bonds. The van der Waals surface area contributed by atoms with Crippen molar-refractivity contribution in [3.05, 3.63) is 23.5 Å². The molecule has 1 aromatic rings. The summed E-state index contributed by atoms with van der Waals surface area (Å²) in [5.41, 5.74) is -0.679. The molecule has 1 N–H and O–H groups in total. The maximum atomic E-state index is 13.5. The molecule has 88 valence electrons. The van der Waals surface area contributed by atoms with E-state index in [2.05, 4.69) is 9.72 Å². The molecular formula is C10H11F2NO3. The maximum absolute atomic E-state index is 13.5. The summed E-state index contributed by atoms with van der Waals surface area (Å²) < 4.78 is 31.3. The van der Waals surface area contributed by atoms with Crippen molar-refractivity contribution >= 4 is 5.97 Å². The Morgan fingerprint density at radius 3 is 2.75 bits per heavy atom. The highest BCUT2D eigenvalue weighted by molar-refractivity contribution is 5.79. The van der Waals surface area contributed by atoms with Crippen LogP contribution in [-0.2, 0) is 15.5 Å². The van der Waals surface area contributed by atoms with Crippen LogP contribution in [0.1, 0.15) is 18.2 Å². The number of nitrogens with zero attached hydrogens (tertiary/aromatic N) is 1. The molecule has 1 aromatic heterocycles. The Labute approximate surface area is 90.9 Å². The Morgan fingerprint density at radius 2 is 2.25 bits per heavy atom. The highest BCUT2D eigenvalue weighted by atomic mass is 19.3. The second-order valence-electron chi connectivity index (χ2n) is 3.15. The van der Waals surface area contributed by atoms with Gasteiger partial charge in [0.25, 0.3) is 0 Å². The van der Waals surface area contributed by atoms with Crippen molar-refractivity contribution in [1.82, 2.24) is 4.98 Å². The van der Waals surface area contributed by atoms with Crippen LogP contribution < -0.4 is 0 Å². The first kappa shape index (κ1) is 12.4. The van der Waals surface area contributed by atoms with E-state index in [-0.39, 0.29) is 17.9 Å². The molecule has 0 aromatic carbocycles. The molecule has 0 fully saturated rings. The van der Waals surface area contributed by atoms with Crippen LogP contribution >= 0.6 is 0 Å². The average molecular weight is 231 g/mol. The first-order valence-corrected chi connectivity index (χ1v) is 4.60. The highest BCUT2D eigenvalue weighted by Gasteiger charge is 2.45. The van der Waals surface area contributed by atoms with E-state index in [1.54, 1.807) is 0 Å². The number of alkyl halides is 2. The lowest BCUT2D eigenvalue weighted by atomic mass is 10.1. The number of halogens is 2. The van der Waals surface area contributed by atoms with Crippen LogP contribution in [0, 0.1) is 6.92 Å². The van der Waals surface area contributed by atoms with Crippen LogP contribution in [0.2, 0.25) is 0 Å². The van der Waals surface area contributed by atoms with E-state index in [4.69, 9.17) is 5.11 Å². The fourth-order valence-corrected chi connectivity index (χ4v) is 1.21. The molecule has 1 rings (SSSR count). The van der Waals surface area contributed by atoms with E-state index < -0.39 is 17.6 Å². The number of esters is 1. The lowest BCUT2D eigenvalue weighted by molar-refractivity contribution is -0.173. The minimum absolute atomic E-state index is 0.0260. The van der Waals surface area contributed by atoms with Gasteiger partial charge >= 0.3 is 11.9 Å². The fourth-order valence-electron chi connectivity index (χ4n) is 1.21. The number of aryl methyl sites for hydroxylation is 1. The predicted molar refractivity (Wildman–Crippen MR) is 51.2 cm³/mol.